The third-order valence-corrected chi connectivity index (χ3v) is 3.80. The first-order valence-corrected chi connectivity index (χ1v) is 6.74. The summed E-state index contributed by atoms with van der Waals surface area (Å²) < 4.78 is 41.4. The van der Waals surface area contributed by atoms with Crippen LogP contribution in [0.15, 0.2) is 23.7 Å². The number of aromatic nitrogens is 2. The van der Waals surface area contributed by atoms with E-state index in [0.717, 1.165) is 22.4 Å². The highest BCUT2D eigenvalue weighted by molar-refractivity contribution is 7.15. The number of nitrogens with zero attached hydrogens (tertiary/aromatic N) is 2. The van der Waals surface area contributed by atoms with Crippen LogP contribution in [0.3, 0.4) is 0 Å². The molecule has 0 atom stereocenters. The van der Waals surface area contributed by atoms with Crippen molar-refractivity contribution >= 4 is 22.0 Å². The molecular formula is C13H10F3N3S. The van der Waals surface area contributed by atoms with Crippen LogP contribution in [0.1, 0.15) is 11.4 Å². The van der Waals surface area contributed by atoms with E-state index in [9.17, 15) is 13.2 Å². The minimum Gasteiger partial charge on any atom is -0.377 e. The van der Waals surface area contributed by atoms with Crippen LogP contribution in [0.4, 0.5) is 18.9 Å². The fraction of sp³-hybridized carbons (Fsp3) is 0.154. The molecule has 3 nitrogen and oxygen atoms in total. The molecule has 0 bridgehead atoms. The smallest absolute Gasteiger partial charge is 0.196 e. The summed E-state index contributed by atoms with van der Waals surface area (Å²) in [6.45, 7) is 2.12. The van der Waals surface area contributed by atoms with Crippen molar-refractivity contribution < 1.29 is 13.2 Å². The zero-order valence-corrected chi connectivity index (χ0v) is 11.3. The van der Waals surface area contributed by atoms with E-state index in [1.54, 1.807) is 0 Å². The van der Waals surface area contributed by atoms with Gasteiger partial charge in [-0.15, -0.1) is 11.3 Å². The molecule has 0 aliphatic rings. The molecule has 0 radical (unpaired) electrons. The van der Waals surface area contributed by atoms with Gasteiger partial charge in [0.1, 0.15) is 0 Å². The molecule has 0 spiro atoms. The number of rotatable bonds is 3. The Morgan fingerprint density at radius 3 is 2.85 bits per heavy atom. The molecule has 0 fully saturated rings. The predicted octanol–water partition coefficient (Wildman–Crippen LogP) is 3.73. The van der Waals surface area contributed by atoms with E-state index < -0.39 is 17.5 Å². The predicted molar refractivity (Wildman–Crippen MR) is 71.4 cm³/mol. The highest BCUT2D eigenvalue weighted by atomic mass is 32.1. The first-order chi connectivity index (χ1) is 9.58. The monoisotopic (exact) mass is 297 g/mol. The van der Waals surface area contributed by atoms with E-state index >= 15 is 0 Å². The van der Waals surface area contributed by atoms with Crippen LogP contribution >= 0.6 is 11.3 Å². The molecule has 1 aromatic carbocycles. The van der Waals surface area contributed by atoms with E-state index in [2.05, 4.69) is 10.3 Å². The van der Waals surface area contributed by atoms with E-state index in [-0.39, 0.29) is 12.2 Å². The minimum absolute atomic E-state index is 0.0755. The molecule has 1 N–H and O–H groups in total. The van der Waals surface area contributed by atoms with Crippen LogP contribution in [0, 0.1) is 24.4 Å². The Balaban J connectivity index is 1.88. The van der Waals surface area contributed by atoms with E-state index in [0.29, 0.717) is 0 Å². The molecule has 0 amide bonds. The van der Waals surface area contributed by atoms with Gasteiger partial charge < -0.3 is 5.32 Å². The van der Waals surface area contributed by atoms with Gasteiger partial charge in [0.2, 0.25) is 0 Å². The van der Waals surface area contributed by atoms with Crippen molar-refractivity contribution in [2.75, 3.05) is 5.32 Å². The Labute approximate surface area is 116 Å². The zero-order chi connectivity index (χ0) is 14.3. The minimum atomic E-state index is -1.47. The van der Waals surface area contributed by atoms with E-state index in [4.69, 9.17) is 0 Å². The molecule has 3 rings (SSSR count). The maximum Gasteiger partial charge on any atom is 0.196 e. The molecule has 0 aliphatic carbocycles. The van der Waals surface area contributed by atoms with Gasteiger partial charge in [0, 0.05) is 11.6 Å². The summed E-state index contributed by atoms with van der Waals surface area (Å²) in [6, 6.07) is 2.07. The molecular weight excluding hydrogens is 287 g/mol. The topological polar surface area (TPSA) is 29.3 Å². The molecule has 2 heterocycles. The van der Waals surface area contributed by atoms with Gasteiger partial charge in [-0.25, -0.2) is 18.2 Å². The number of anilines is 1. The number of aryl methyl sites for hydroxylation is 1. The number of fused-ring (bicyclic) bond motifs is 1. The van der Waals surface area contributed by atoms with Gasteiger partial charge in [0.05, 0.1) is 23.6 Å². The van der Waals surface area contributed by atoms with Crippen molar-refractivity contribution in [2.24, 2.45) is 0 Å². The van der Waals surface area contributed by atoms with Gasteiger partial charge in [-0.2, -0.15) is 0 Å². The Morgan fingerprint density at radius 1 is 1.25 bits per heavy atom. The SMILES string of the molecule is Cc1nc2sccn2c1CNc1ccc(F)c(F)c1F. The van der Waals surface area contributed by atoms with Crippen molar-refractivity contribution in [2.45, 2.75) is 13.5 Å². The summed E-state index contributed by atoms with van der Waals surface area (Å²) in [5.41, 5.74) is 1.59. The molecule has 20 heavy (non-hydrogen) atoms. The zero-order valence-electron chi connectivity index (χ0n) is 10.5. The molecule has 0 aliphatic heterocycles. The molecule has 0 saturated carbocycles. The number of hydrogen-bond donors (Lipinski definition) is 1. The molecule has 7 heteroatoms. The van der Waals surface area contributed by atoms with Crippen molar-refractivity contribution in [3.63, 3.8) is 0 Å². The number of benzene rings is 1. The Hall–Kier alpha value is -2.02. The maximum absolute atomic E-state index is 13.5. The van der Waals surface area contributed by atoms with Gasteiger partial charge in [-0.05, 0) is 19.1 Å². The number of nitrogens with one attached hydrogen (secondary N) is 1. The second-order valence-corrected chi connectivity index (χ2v) is 5.15. The average Bonchev–Trinajstić information content (AvgIpc) is 2.97. The van der Waals surface area contributed by atoms with E-state index in [1.807, 2.05) is 22.9 Å². The number of thiazole rings is 1. The summed E-state index contributed by atoms with van der Waals surface area (Å²) in [5.74, 6) is -3.89. The Kier molecular flexibility index (Phi) is 3.13. The van der Waals surface area contributed by atoms with E-state index in [1.165, 1.54) is 17.4 Å². The van der Waals surface area contributed by atoms with Crippen LogP contribution in [0.5, 0.6) is 0 Å². The first-order valence-electron chi connectivity index (χ1n) is 5.86. The Morgan fingerprint density at radius 2 is 2.05 bits per heavy atom. The normalized spacial score (nSPS) is 11.2. The average molecular weight is 297 g/mol. The lowest BCUT2D eigenvalue weighted by Gasteiger charge is -2.08. The lowest BCUT2D eigenvalue weighted by molar-refractivity contribution is 0.449. The highest BCUT2D eigenvalue weighted by Gasteiger charge is 2.14. The fourth-order valence-electron chi connectivity index (χ4n) is 2.00. The van der Waals surface area contributed by atoms with Crippen LogP contribution in [0.2, 0.25) is 0 Å². The molecule has 0 unspecified atom stereocenters. The van der Waals surface area contributed by atoms with Crippen molar-refractivity contribution in [1.29, 1.82) is 0 Å². The highest BCUT2D eigenvalue weighted by Crippen LogP contribution is 2.22. The van der Waals surface area contributed by atoms with Crippen LogP contribution < -0.4 is 5.32 Å². The van der Waals surface area contributed by atoms with Crippen LogP contribution in [0.25, 0.3) is 4.96 Å². The van der Waals surface area contributed by atoms with Crippen LogP contribution in [-0.2, 0) is 6.54 Å². The third-order valence-electron chi connectivity index (χ3n) is 3.04. The Bertz CT molecular complexity index is 779. The van der Waals surface area contributed by atoms with Gasteiger partial charge in [0.25, 0.3) is 0 Å². The summed E-state index contributed by atoms with van der Waals surface area (Å²) in [5, 5.41) is 4.66. The largest absolute Gasteiger partial charge is 0.377 e. The summed E-state index contributed by atoms with van der Waals surface area (Å²) >= 11 is 1.49. The lowest BCUT2D eigenvalue weighted by atomic mass is 10.2. The van der Waals surface area contributed by atoms with Crippen LogP contribution in [-0.4, -0.2) is 9.38 Å². The van der Waals surface area contributed by atoms with Gasteiger partial charge in [-0.3, -0.25) is 4.40 Å². The summed E-state index contributed by atoms with van der Waals surface area (Å²) in [6.07, 6.45) is 1.86. The molecule has 3 aromatic rings. The maximum atomic E-state index is 13.5. The third kappa shape index (κ3) is 2.03. The fourth-order valence-corrected chi connectivity index (χ4v) is 2.77. The first kappa shape index (κ1) is 13.0. The lowest BCUT2D eigenvalue weighted by Crippen LogP contribution is -2.06. The summed E-state index contributed by atoms with van der Waals surface area (Å²) in [4.78, 5) is 5.19. The van der Waals surface area contributed by atoms with Crippen molar-refractivity contribution in [3.8, 4) is 0 Å². The molecule has 104 valence electrons. The van der Waals surface area contributed by atoms with Gasteiger partial charge >= 0.3 is 0 Å². The second kappa shape index (κ2) is 4.82. The number of hydrogen-bond acceptors (Lipinski definition) is 3. The second-order valence-electron chi connectivity index (χ2n) is 4.28. The molecule has 2 aromatic heterocycles. The summed E-state index contributed by atoms with van der Waals surface area (Å²) in [7, 11) is 0. The number of halogens is 3. The molecule has 0 saturated heterocycles. The van der Waals surface area contributed by atoms with Gasteiger partial charge in [0.15, 0.2) is 22.4 Å². The van der Waals surface area contributed by atoms with Crippen molar-refractivity contribution in [1.82, 2.24) is 9.38 Å². The quantitative estimate of drug-likeness (QED) is 0.746. The standard InChI is InChI=1S/C13H10F3N3S/c1-7-10(19-4-5-20-13(19)18-7)6-17-9-3-2-8(14)11(15)12(9)16/h2-5,17H,6H2,1H3. The van der Waals surface area contributed by atoms with Crippen molar-refractivity contribution in [3.05, 3.63) is 52.5 Å². The number of imidazole rings is 1. The van der Waals surface area contributed by atoms with Gasteiger partial charge in [-0.1, -0.05) is 0 Å².